The number of carbonyl (C=O) groups is 1. The molecule has 0 unspecified atom stereocenters. The largest absolute Gasteiger partial charge is 0.351 e. The second-order valence-electron chi connectivity index (χ2n) is 4.78. The normalized spacial score (nSPS) is 10.4. The first-order chi connectivity index (χ1) is 10.2. The number of rotatable bonds is 6. The van der Waals surface area contributed by atoms with Gasteiger partial charge >= 0.3 is 0 Å². The van der Waals surface area contributed by atoms with Crippen molar-refractivity contribution in [3.63, 3.8) is 0 Å². The minimum Gasteiger partial charge on any atom is -0.351 e. The maximum atomic E-state index is 12.0. The highest BCUT2D eigenvalue weighted by Gasteiger charge is 2.09. The lowest BCUT2D eigenvalue weighted by atomic mass is 10.1. The van der Waals surface area contributed by atoms with E-state index in [-0.39, 0.29) is 5.91 Å². The summed E-state index contributed by atoms with van der Waals surface area (Å²) in [5.74, 6) is 1.73. The number of amides is 1. The molecule has 0 aromatic heterocycles. The summed E-state index contributed by atoms with van der Waals surface area (Å²) in [6.45, 7) is 2.59. The summed E-state index contributed by atoms with van der Waals surface area (Å²) in [7, 11) is 0. The summed E-state index contributed by atoms with van der Waals surface area (Å²) >= 11 is 7.88. The van der Waals surface area contributed by atoms with E-state index in [1.807, 2.05) is 31.2 Å². The molecule has 2 nitrogen and oxygen atoms in total. The van der Waals surface area contributed by atoms with E-state index >= 15 is 0 Å². The van der Waals surface area contributed by atoms with E-state index in [0.717, 1.165) is 17.1 Å². The summed E-state index contributed by atoms with van der Waals surface area (Å²) in [6.07, 6.45) is 0. The first kappa shape index (κ1) is 15.9. The van der Waals surface area contributed by atoms with Gasteiger partial charge in [0.2, 0.25) is 0 Å². The van der Waals surface area contributed by atoms with Crippen LogP contribution in [0.15, 0.2) is 48.5 Å². The van der Waals surface area contributed by atoms with Crippen molar-refractivity contribution in [1.82, 2.24) is 5.32 Å². The summed E-state index contributed by atoms with van der Waals surface area (Å²) in [5, 5.41) is 3.41. The number of thioether (sulfide) groups is 1. The van der Waals surface area contributed by atoms with Gasteiger partial charge < -0.3 is 5.32 Å². The Bertz CT molecular complexity index is 601. The van der Waals surface area contributed by atoms with Gasteiger partial charge in [-0.1, -0.05) is 48.0 Å². The highest BCUT2D eigenvalue weighted by atomic mass is 35.5. The van der Waals surface area contributed by atoms with Crippen LogP contribution in [0.2, 0.25) is 5.02 Å². The fourth-order valence-electron chi connectivity index (χ4n) is 1.90. The Morgan fingerprint density at radius 3 is 2.67 bits per heavy atom. The van der Waals surface area contributed by atoms with Crippen LogP contribution in [0.5, 0.6) is 0 Å². The highest BCUT2D eigenvalue weighted by Crippen LogP contribution is 2.17. The maximum absolute atomic E-state index is 12.0. The molecule has 0 saturated heterocycles. The molecule has 0 heterocycles. The van der Waals surface area contributed by atoms with Gasteiger partial charge in [-0.25, -0.2) is 0 Å². The fraction of sp³-hybridized carbons (Fsp3) is 0.235. The molecule has 0 radical (unpaired) electrons. The van der Waals surface area contributed by atoms with E-state index in [1.54, 1.807) is 23.9 Å². The minimum atomic E-state index is -0.111. The zero-order valence-electron chi connectivity index (χ0n) is 11.9. The molecule has 110 valence electrons. The van der Waals surface area contributed by atoms with Crippen LogP contribution in [0.4, 0.5) is 0 Å². The molecule has 0 bridgehead atoms. The summed E-state index contributed by atoms with van der Waals surface area (Å²) < 4.78 is 0. The van der Waals surface area contributed by atoms with Gasteiger partial charge in [-0.15, -0.1) is 0 Å². The fourth-order valence-corrected chi connectivity index (χ4v) is 3.04. The van der Waals surface area contributed by atoms with Crippen molar-refractivity contribution >= 4 is 29.3 Å². The summed E-state index contributed by atoms with van der Waals surface area (Å²) in [5.41, 5.74) is 2.89. The van der Waals surface area contributed by atoms with Gasteiger partial charge in [0.05, 0.1) is 10.6 Å². The second-order valence-corrected chi connectivity index (χ2v) is 6.29. The van der Waals surface area contributed by atoms with E-state index < -0.39 is 0 Å². The molecule has 21 heavy (non-hydrogen) atoms. The topological polar surface area (TPSA) is 29.1 Å². The molecule has 0 aliphatic heterocycles. The predicted octanol–water partition coefficient (Wildman–Crippen LogP) is 4.31. The van der Waals surface area contributed by atoms with Crippen molar-refractivity contribution in [2.75, 3.05) is 12.3 Å². The highest BCUT2D eigenvalue weighted by molar-refractivity contribution is 7.98. The van der Waals surface area contributed by atoms with Crippen LogP contribution in [0.3, 0.4) is 0 Å². The molecule has 2 rings (SSSR count). The van der Waals surface area contributed by atoms with Crippen LogP contribution in [0, 0.1) is 6.92 Å². The molecule has 0 fully saturated rings. The molecule has 0 aliphatic rings. The third-order valence-corrected chi connectivity index (χ3v) is 4.36. The number of hydrogen-bond donors (Lipinski definition) is 1. The minimum absolute atomic E-state index is 0.111. The Morgan fingerprint density at radius 1 is 1.19 bits per heavy atom. The van der Waals surface area contributed by atoms with E-state index in [9.17, 15) is 4.79 Å². The quantitative estimate of drug-likeness (QED) is 0.804. The lowest BCUT2D eigenvalue weighted by Gasteiger charge is -2.07. The Balaban J connectivity index is 1.72. The summed E-state index contributed by atoms with van der Waals surface area (Å²) in [4.78, 5) is 12.0. The van der Waals surface area contributed by atoms with Crippen molar-refractivity contribution in [3.8, 4) is 0 Å². The van der Waals surface area contributed by atoms with E-state index in [4.69, 9.17) is 11.6 Å². The van der Waals surface area contributed by atoms with E-state index in [0.29, 0.717) is 17.1 Å². The van der Waals surface area contributed by atoms with Crippen LogP contribution in [-0.4, -0.2) is 18.2 Å². The van der Waals surface area contributed by atoms with Gasteiger partial charge in [0.1, 0.15) is 0 Å². The van der Waals surface area contributed by atoms with Gasteiger partial charge in [-0.05, 0) is 30.2 Å². The number of carbonyl (C=O) groups excluding carboxylic acids is 1. The van der Waals surface area contributed by atoms with Gasteiger partial charge in [-0.2, -0.15) is 11.8 Å². The first-order valence-electron chi connectivity index (χ1n) is 6.83. The van der Waals surface area contributed by atoms with Crippen LogP contribution in [0.25, 0.3) is 0 Å². The average Bonchev–Trinajstić information content (AvgIpc) is 2.47. The Morgan fingerprint density at radius 2 is 1.95 bits per heavy atom. The van der Waals surface area contributed by atoms with Crippen LogP contribution in [0.1, 0.15) is 21.5 Å². The Kier molecular flexibility index (Phi) is 6.15. The monoisotopic (exact) mass is 319 g/mol. The maximum Gasteiger partial charge on any atom is 0.252 e. The number of benzene rings is 2. The Hall–Kier alpha value is -1.45. The van der Waals surface area contributed by atoms with Crippen LogP contribution < -0.4 is 5.32 Å². The first-order valence-corrected chi connectivity index (χ1v) is 8.36. The van der Waals surface area contributed by atoms with Crippen molar-refractivity contribution in [3.05, 3.63) is 70.2 Å². The molecule has 1 N–H and O–H groups in total. The van der Waals surface area contributed by atoms with Crippen LogP contribution in [-0.2, 0) is 5.75 Å². The molecule has 0 spiro atoms. The SMILES string of the molecule is Cc1ccc(C(=O)NCCSCc2ccccc2)c(Cl)c1. The molecule has 0 atom stereocenters. The zero-order valence-corrected chi connectivity index (χ0v) is 13.5. The zero-order chi connectivity index (χ0) is 15.1. The van der Waals surface area contributed by atoms with Gasteiger partial charge in [0, 0.05) is 18.1 Å². The molecular weight excluding hydrogens is 302 g/mol. The third kappa shape index (κ3) is 5.10. The van der Waals surface area contributed by atoms with Crippen molar-refractivity contribution in [2.45, 2.75) is 12.7 Å². The molecule has 1 amide bonds. The number of hydrogen-bond acceptors (Lipinski definition) is 2. The van der Waals surface area contributed by atoms with Gasteiger partial charge in [-0.3, -0.25) is 4.79 Å². The average molecular weight is 320 g/mol. The number of aryl methyl sites for hydroxylation is 1. The lowest BCUT2D eigenvalue weighted by molar-refractivity contribution is 0.0956. The van der Waals surface area contributed by atoms with Crippen molar-refractivity contribution in [2.24, 2.45) is 0 Å². The third-order valence-electron chi connectivity index (χ3n) is 3.01. The molecule has 2 aromatic rings. The molecule has 4 heteroatoms. The second kappa shape index (κ2) is 8.11. The smallest absolute Gasteiger partial charge is 0.252 e. The van der Waals surface area contributed by atoms with Crippen LogP contribution >= 0.6 is 23.4 Å². The number of nitrogens with one attached hydrogen (secondary N) is 1. The molecule has 0 aliphatic carbocycles. The molecule has 0 saturated carbocycles. The Labute approximate surface area is 134 Å². The van der Waals surface area contributed by atoms with Gasteiger partial charge in [0.25, 0.3) is 5.91 Å². The predicted molar refractivity (Wildman–Crippen MR) is 91.1 cm³/mol. The van der Waals surface area contributed by atoms with Gasteiger partial charge in [0.15, 0.2) is 0 Å². The lowest BCUT2D eigenvalue weighted by Crippen LogP contribution is -2.26. The molecular formula is C17H18ClNOS. The van der Waals surface area contributed by atoms with Crippen molar-refractivity contribution in [1.29, 1.82) is 0 Å². The van der Waals surface area contributed by atoms with E-state index in [1.165, 1.54) is 5.56 Å². The standard InChI is InChI=1S/C17H18ClNOS/c1-13-7-8-15(16(18)11-13)17(20)19-9-10-21-12-14-5-3-2-4-6-14/h2-8,11H,9-10,12H2,1H3,(H,19,20). The summed E-state index contributed by atoms with van der Waals surface area (Å²) in [6, 6.07) is 15.8. The number of halogens is 1. The molecule has 2 aromatic carbocycles. The van der Waals surface area contributed by atoms with E-state index in [2.05, 4.69) is 17.4 Å². The van der Waals surface area contributed by atoms with Crippen molar-refractivity contribution < 1.29 is 4.79 Å².